The average Bonchev–Trinajstić information content (AvgIpc) is 3.14. The van der Waals surface area contributed by atoms with Crippen LogP contribution in [-0.4, -0.2) is 11.0 Å². The molecular weight excluding hydrogens is 210 g/mol. The fraction of sp³-hybridized carbons (Fsp3) is 0.357. The lowest BCUT2D eigenvalue weighted by atomic mass is 10.1. The average molecular weight is 227 g/mol. The standard InChI is InChI=1S/C14H17N3/c1-9(10-5-6-10)17-13-7-8-16-14-11(13)3-2-4-12(14)15/h2-4,7-10H,5-6,15H2,1H3,(H,16,17). The van der Waals surface area contributed by atoms with Crippen LogP contribution < -0.4 is 11.1 Å². The molecule has 3 N–H and O–H groups in total. The molecule has 3 nitrogen and oxygen atoms in total. The van der Waals surface area contributed by atoms with Gasteiger partial charge in [-0.15, -0.1) is 0 Å². The summed E-state index contributed by atoms with van der Waals surface area (Å²) < 4.78 is 0. The number of para-hydroxylation sites is 1. The lowest BCUT2D eigenvalue weighted by molar-refractivity contribution is 0.695. The number of fused-ring (bicyclic) bond motifs is 1. The topological polar surface area (TPSA) is 50.9 Å². The number of hydrogen-bond donors (Lipinski definition) is 2. The summed E-state index contributed by atoms with van der Waals surface area (Å²) >= 11 is 0. The zero-order valence-electron chi connectivity index (χ0n) is 9.98. The van der Waals surface area contributed by atoms with Crippen molar-refractivity contribution in [3.63, 3.8) is 0 Å². The summed E-state index contributed by atoms with van der Waals surface area (Å²) in [6.45, 7) is 2.25. The van der Waals surface area contributed by atoms with E-state index in [1.165, 1.54) is 12.8 Å². The van der Waals surface area contributed by atoms with Crippen LogP contribution >= 0.6 is 0 Å². The smallest absolute Gasteiger partial charge is 0.0951 e. The molecule has 2 aromatic rings. The van der Waals surface area contributed by atoms with Crippen molar-refractivity contribution in [3.05, 3.63) is 30.5 Å². The Morgan fingerprint density at radius 2 is 2.18 bits per heavy atom. The van der Waals surface area contributed by atoms with Crippen LogP contribution in [0.5, 0.6) is 0 Å². The molecule has 1 unspecified atom stereocenters. The second kappa shape index (κ2) is 3.91. The highest BCUT2D eigenvalue weighted by Gasteiger charge is 2.27. The van der Waals surface area contributed by atoms with E-state index in [2.05, 4.69) is 23.3 Å². The van der Waals surface area contributed by atoms with E-state index in [1.54, 1.807) is 0 Å². The summed E-state index contributed by atoms with van der Waals surface area (Å²) in [4.78, 5) is 4.34. The molecule has 1 aromatic heterocycles. The molecule has 0 amide bonds. The predicted octanol–water partition coefficient (Wildman–Crippen LogP) is 3.03. The van der Waals surface area contributed by atoms with E-state index in [0.717, 1.165) is 28.2 Å². The van der Waals surface area contributed by atoms with Crippen molar-refractivity contribution in [3.8, 4) is 0 Å². The second-order valence-corrected chi connectivity index (χ2v) is 4.87. The first-order valence-electron chi connectivity index (χ1n) is 6.15. The Kier molecular flexibility index (Phi) is 2.39. The lowest BCUT2D eigenvalue weighted by Gasteiger charge is -2.16. The summed E-state index contributed by atoms with van der Waals surface area (Å²) in [7, 11) is 0. The first kappa shape index (κ1) is 10.4. The normalized spacial score (nSPS) is 17.0. The van der Waals surface area contributed by atoms with Crippen LogP contribution in [0.1, 0.15) is 19.8 Å². The molecule has 1 fully saturated rings. The molecule has 0 saturated heterocycles. The van der Waals surface area contributed by atoms with E-state index >= 15 is 0 Å². The van der Waals surface area contributed by atoms with Gasteiger partial charge in [-0.3, -0.25) is 4.98 Å². The molecule has 0 radical (unpaired) electrons. The highest BCUT2D eigenvalue weighted by molar-refractivity contribution is 5.97. The number of nitrogens with two attached hydrogens (primary N) is 1. The quantitative estimate of drug-likeness (QED) is 0.792. The molecule has 3 heteroatoms. The number of pyridine rings is 1. The first-order valence-corrected chi connectivity index (χ1v) is 6.15. The van der Waals surface area contributed by atoms with Gasteiger partial charge in [0.15, 0.2) is 0 Å². The molecule has 0 spiro atoms. The molecule has 1 aromatic carbocycles. The van der Waals surface area contributed by atoms with Crippen LogP contribution in [0.2, 0.25) is 0 Å². The molecule has 1 aliphatic rings. The zero-order chi connectivity index (χ0) is 11.8. The molecule has 0 aliphatic heterocycles. The van der Waals surface area contributed by atoms with Crippen LogP contribution in [0.15, 0.2) is 30.5 Å². The Morgan fingerprint density at radius 1 is 1.35 bits per heavy atom. The van der Waals surface area contributed by atoms with Crippen molar-refractivity contribution < 1.29 is 0 Å². The third-order valence-corrected chi connectivity index (χ3v) is 3.51. The van der Waals surface area contributed by atoms with Crippen LogP contribution in [0.4, 0.5) is 11.4 Å². The van der Waals surface area contributed by atoms with E-state index in [-0.39, 0.29) is 0 Å². The van der Waals surface area contributed by atoms with Crippen molar-refractivity contribution in [1.82, 2.24) is 4.98 Å². The molecule has 1 aliphatic carbocycles. The largest absolute Gasteiger partial charge is 0.397 e. The number of rotatable bonds is 3. The van der Waals surface area contributed by atoms with E-state index in [1.807, 2.05) is 24.4 Å². The molecule has 88 valence electrons. The third-order valence-electron chi connectivity index (χ3n) is 3.51. The minimum absolute atomic E-state index is 0.530. The van der Waals surface area contributed by atoms with Gasteiger partial charge in [-0.1, -0.05) is 12.1 Å². The second-order valence-electron chi connectivity index (χ2n) is 4.87. The number of nitrogen functional groups attached to an aromatic ring is 1. The van der Waals surface area contributed by atoms with Crippen LogP contribution in [-0.2, 0) is 0 Å². The van der Waals surface area contributed by atoms with E-state index in [9.17, 15) is 0 Å². The number of hydrogen-bond acceptors (Lipinski definition) is 3. The fourth-order valence-electron chi connectivity index (χ4n) is 2.28. The van der Waals surface area contributed by atoms with Crippen molar-refractivity contribution >= 4 is 22.3 Å². The molecule has 17 heavy (non-hydrogen) atoms. The minimum atomic E-state index is 0.530. The maximum absolute atomic E-state index is 5.94. The number of benzene rings is 1. The Hall–Kier alpha value is -1.77. The Bertz CT molecular complexity index is 546. The minimum Gasteiger partial charge on any atom is -0.397 e. The SMILES string of the molecule is CC(Nc1ccnc2c(N)cccc12)C1CC1. The van der Waals surface area contributed by atoms with Crippen molar-refractivity contribution in [1.29, 1.82) is 0 Å². The molecule has 1 heterocycles. The van der Waals surface area contributed by atoms with E-state index < -0.39 is 0 Å². The van der Waals surface area contributed by atoms with Crippen LogP contribution in [0, 0.1) is 5.92 Å². The zero-order valence-corrected chi connectivity index (χ0v) is 9.98. The molecule has 1 saturated carbocycles. The van der Waals surface area contributed by atoms with Gasteiger partial charge in [0.05, 0.1) is 11.2 Å². The monoisotopic (exact) mass is 227 g/mol. The van der Waals surface area contributed by atoms with Gasteiger partial charge >= 0.3 is 0 Å². The summed E-state index contributed by atoms with van der Waals surface area (Å²) in [6.07, 6.45) is 4.51. The Morgan fingerprint density at radius 3 is 2.94 bits per heavy atom. The summed E-state index contributed by atoms with van der Waals surface area (Å²) in [5, 5.41) is 4.69. The van der Waals surface area contributed by atoms with Crippen molar-refractivity contribution in [2.24, 2.45) is 5.92 Å². The highest BCUT2D eigenvalue weighted by Crippen LogP contribution is 2.35. The van der Waals surface area contributed by atoms with Crippen molar-refractivity contribution in [2.45, 2.75) is 25.8 Å². The molecule has 1 atom stereocenters. The van der Waals surface area contributed by atoms with Gasteiger partial charge in [0.25, 0.3) is 0 Å². The Labute approximate surface area is 101 Å². The van der Waals surface area contributed by atoms with E-state index in [4.69, 9.17) is 5.73 Å². The van der Waals surface area contributed by atoms with Gasteiger partial charge < -0.3 is 11.1 Å². The highest BCUT2D eigenvalue weighted by atomic mass is 14.9. The summed E-state index contributed by atoms with van der Waals surface area (Å²) in [6, 6.07) is 8.50. The van der Waals surface area contributed by atoms with Gasteiger partial charge in [0, 0.05) is 23.3 Å². The van der Waals surface area contributed by atoms with E-state index in [0.29, 0.717) is 6.04 Å². The van der Waals surface area contributed by atoms with Gasteiger partial charge in [0.1, 0.15) is 0 Å². The molecular formula is C14H17N3. The number of anilines is 2. The van der Waals surface area contributed by atoms with Crippen LogP contribution in [0.3, 0.4) is 0 Å². The number of aromatic nitrogens is 1. The van der Waals surface area contributed by atoms with Crippen molar-refractivity contribution in [2.75, 3.05) is 11.1 Å². The summed E-state index contributed by atoms with van der Waals surface area (Å²) in [5.74, 6) is 0.833. The predicted molar refractivity (Wildman–Crippen MR) is 72.0 cm³/mol. The fourth-order valence-corrected chi connectivity index (χ4v) is 2.28. The summed E-state index contributed by atoms with van der Waals surface area (Å²) in [5.41, 5.74) is 8.71. The van der Waals surface area contributed by atoms with Gasteiger partial charge in [-0.05, 0) is 37.8 Å². The maximum atomic E-state index is 5.94. The lowest BCUT2D eigenvalue weighted by Crippen LogP contribution is -2.17. The van der Waals surface area contributed by atoms with Gasteiger partial charge in [0.2, 0.25) is 0 Å². The van der Waals surface area contributed by atoms with Gasteiger partial charge in [-0.25, -0.2) is 0 Å². The number of nitrogens with one attached hydrogen (secondary N) is 1. The maximum Gasteiger partial charge on any atom is 0.0951 e. The third kappa shape index (κ3) is 1.93. The van der Waals surface area contributed by atoms with Gasteiger partial charge in [-0.2, -0.15) is 0 Å². The molecule has 0 bridgehead atoms. The first-order chi connectivity index (χ1) is 8.25. The number of nitrogens with zero attached hydrogens (tertiary/aromatic N) is 1. The Balaban J connectivity index is 2.00. The van der Waals surface area contributed by atoms with Crippen LogP contribution in [0.25, 0.3) is 10.9 Å². The molecule has 3 rings (SSSR count).